The molecule has 4 bridgehead atoms. The molecule has 0 aromatic heterocycles. The zero-order valence-corrected chi connectivity index (χ0v) is 10.7. The molecule has 0 heterocycles. The predicted molar refractivity (Wildman–Crippen MR) is 70.3 cm³/mol. The number of rotatable bonds is 1. The van der Waals surface area contributed by atoms with Gasteiger partial charge in [-0.2, -0.15) is 0 Å². The predicted octanol–water partition coefficient (Wildman–Crippen LogP) is 4.45. The van der Waals surface area contributed by atoms with Crippen molar-refractivity contribution in [1.82, 2.24) is 0 Å². The zero-order chi connectivity index (χ0) is 11.5. The molecule has 0 saturated heterocycles. The van der Waals surface area contributed by atoms with Crippen molar-refractivity contribution in [3.8, 4) is 0 Å². The van der Waals surface area contributed by atoms with E-state index in [9.17, 15) is 0 Å². The molecule has 0 N–H and O–H groups in total. The summed E-state index contributed by atoms with van der Waals surface area (Å²) in [5.74, 6) is 3.14. The van der Waals surface area contributed by atoms with Crippen LogP contribution >= 0.6 is 0 Å². The van der Waals surface area contributed by atoms with Crippen molar-refractivity contribution in [3.63, 3.8) is 0 Å². The summed E-state index contributed by atoms with van der Waals surface area (Å²) >= 11 is 0. The molecule has 0 spiro atoms. The van der Waals surface area contributed by atoms with Crippen LogP contribution in [0.5, 0.6) is 0 Å². The second kappa shape index (κ2) is 3.37. The van der Waals surface area contributed by atoms with Crippen LogP contribution in [0.15, 0.2) is 29.4 Å². The Morgan fingerprint density at radius 3 is 2.18 bits per heavy atom. The lowest BCUT2D eigenvalue weighted by Gasteiger charge is -2.57. The van der Waals surface area contributed by atoms with Gasteiger partial charge in [-0.05, 0) is 80.3 Å². The van der Waals surface area contributed by atoms with Gasteiger partial charge < -0.3 is 0 Å². The highest BCUT2D eigenvalue weighted by molar-refractivity contribution is 5.42. The SMILES string of the molecule is CC(=C1[C]=CC=C1)C12CC3CC(CC(C3)C1)C2. The van der Waals surface area contributed by atoms with E-state index in [1.807, 2.05) is 0 Å². The van der Waals surface area contributed by atoms with Crippen molar-refractivity contribution < 1.29 is 0 Å². The topological polar surface area (TPSA) is 0 Å². The Balaban J connectivity index is 1.75. The summed E-state index contributed by atoms with van der Waals surface area (Å²) in [6.07, 6.45) is 18.9. The molecule has 1 radical (unpaired) electrons. The molecule has 5 rings (SSSR count). The summed E-state index contributed by atoms with van der Waals surface area (Å²) in [4.78, 5) is 0. The number of hydrogen-bond acceptors (Lipinski definition) is 0. The Morgan fingerprint density at radius 2 is 1.71 bits per heavy atom. The first-order valence-corrected chi connectivity index (χ1v) is 7.23. The van der Waals surface area contributed by atoms with E-state index in [2.05, 4.69) is 31.2 Å². The maximum absolute atomic E-state index is 3.42. The Bertz CT molecular complexity index is 384. The van der Waals surface area contributed by atoms with Crippen LogP contribution in [0.4, 0.5) is 0 Å². The van der Waals surface area contributed by atoms with Crippen molar-refractivity contribution in [2.24, 2.45) is 23.2 Å². The van der Waals surface area contributed by atoms with E-state index < -0.39 is 0 Å². The van der Waals surface area contributed by atoms with E-state index in [0.29, 0.717) is 5.41 Å². The maximum atomic E-state index is 3.42. The van der Waals surface area contributed by atoms with Crippen molar-refractivity contribution in [1.29, 1.82) is 0 Å². The Kier molecular flexibility index (Phi) is 2.02. The minimum atomic E-state index is 0.569. The number of hydrogen-bond donors (Lipinski definition) is 0. The van der Waals surface area contributed by atoms with Crippen LogP contribution in [0.3, 0.4) is 0 Å². The minimum absolute atomic E-state index is 0.569. The van der Waals surface area contributed by atoms with E-state index in [0.717, 1.165) is 17.8 Å². The highest BCUT2D eigenvalue weighted by Crippen LogP contribution is 2.63. The van der Waals surface area contributed by atoms with Crippen LogP contribution in [0, 0.1) is 29.2 Å². The van der Waals surface area contributed by atoms with Gasteiger partial charge in [-0.25, -0.2) is 0 Å². The van der Waals surface area contributed by atoms with E-state index >= 15 is 0 Å². The molecule has 4 saturated carbocycles. The molecule has 89 valence electrons. The van der Waals surface area contributed by atoms with Crippen molar-refractivity contribution in [2.45, 2.75) is 45.4 Å². The van der Waals surface area contributed by atoms with Gasteiger partial charge in [-0.15, -0.1) is 0 Å². The van der Waals surface area contributed by atoms with Gasteiger partial charge in [0.2, 0.25) is 0 Å². The van der Waals surface area contributed by atoms with Gasteiger partial charge in [0.15, 0.2) is 0 Å². The molecule has 0 nitrogen and oxygen atoms in total. The Labute approximate surface area is 104 Å². The molecular weight excluding hydrogens is 204 g/mol. The third-order valence-corrected chi connectivity index (χ3v) is 5.84. The zero-order valence-electron chi connectivity index (χ0n) is 10.7. The van der Waals surface area contributed by atoms with Crippen LogP contribution in [-0.4, -0.2) is 0 Å². The Morgan fingerprint density at radius 1 is 1.12 bits per heavy atom. The fourth-order valence-electron chi connectivity index (χ4n) is 5.42. The molecule has 0 amide bonds. The lowest BCUT2D eigenvalue weighted by atomic mass is 9.47. The van der Waals surface area contributed by atoms with Crippen LogP contribution in [0.2, 0.25) is 0 Å². The maximum Gasteiger partial charge on any atom is -0.00737 e. The summed E-state index contributed by atoms with van der Waals surface area (Å²) < 4.78 is 0. The third-order valence-electron chi connectivity index (χ3n) is 5.84. The molecule has 0 aromatic rings. The van der Waals surface area contributed by atoms with E-state index in [1.54, 1.807) is 5.57 Å². The number of allylic oxidation sites excluding steroid dienone is 6. The summed E-state index contributed by atoms with van der Waals surface area (Å²) in [7, 11) is 0. The van der Waals surface area contributed by atoms with Crippen LogP contribution < -0.4 is 0 Å². The highest BCUT2D eigenvalue weighted by Gasteiger charge is 2.51. The fraction of sp³-hybridized carbons (Fsp3) is 0.647. The van der Waals surface area contributed by atoms with Gasteiger partial charge >= 0.3 is 0 Å². The average Bonchev–Trinajstić information content (AvgIpc) is 2.79. The Hall–Kier alpha value is -0.780. The third kappa shape index (κ3) is 1.42. The highest BCUT2D eigenvalue weighted by atomic mass is 14.6. The van der Waals surface area contributed by atoms with Gasteiger partial charge in [-0.1, -0.05) is 23.8 Å². The standard InChI is InChI=1S/C17H21/c1-12(16-4-2-3-5-16)17-9-13-6-14(10-17)8-15(7-13)11-17/h2-4,13-15H,6-11H2,1H3. The first-order valence-electron chi connectivity index (χ1n) is 7.23. The molecule has 4 fully saturated rings. The molecule has 17 heavy (non-hydrogen) atoms. The largest absolute Gasteiger partial charge is 0.0610 e. The van der Waals surface area contributed by atoms with Gasteiger partial charge in [0, 0.05) is 0 Å². The molecule has 0 heteroatoms. The average molecular weight is 225 g/mol. The lowest BCUT2D eigenvalue weighted by molar-refractivity contribution is -0.0307. The van der Waals surface area contributed by atoms with E-state index in [4.69, 9.17) is 0 Å². The van der Waals surface area contributed by atoms with Gasteiger partial charge in [0.25, 0.3) is 0 Å². The normalized spacial score (nSPS) is 49.1. The molecule has 5 aliphatic carbocycles. The van der Waals surface area contributed by atoms with Crippen molar-refractivity contribution in [3.05, 3.63) is 35.5 Å². The van der Waals surface area contributed by atoms with Crippen LogP contribution in [-0.2, 0) is 0 Å². The molecule has 0 atom stereocenters. The first-order chi connectivity index (χ1) is 8.25. The van der Waals surface area contributed by atoms with Crippen LogP contribution in [0.1, 0.15) is 45.4 Å². The van der Waals surface area contributed by atoms with Gasteiger partial charge in [0.05, 0.1) is 0 Å². The second-order valence-electron chi connectivity index (χ2n) is 6.91. The summed E-state index contributed by atoms with van der Waals surface area (Å²) in [5, 5.41) is 0. The summed E-state index contributed by atoms with van der Waals surface area (Å²) in [6, 6.07) is 0. The quantitative estimate of drug-likeness (QED) is 0.618. The summed E-state index contributed by atoms with van der Waals surface area (Å²) in [6.45, 7) is 2.39. The van der Waals surface area contributed by atoms with Crippen molar-refractivity contribution in [2.75, 3.05) is 0 Å². The molecule has 0 aliphatic heterocycles. The molecule has 0 unspecified atom stereocenters. The monoisotopic (exact) mass is 225 g/mol. The van der Waals surface area contributed by atoms with E-state index in [-0.39, 0.29) is 0 Å². The van der Waals surface area contributed by atoms with Gasteiger partial charge in [0.1, 0.15) is 0 Å². The first kappa shape index (κ1) is 10.2. The lowest BCUT2D eigenvalue weighted by Crippen LogP contribution is -2.46. The smallest absolute Gasteiger partial charge is 0.00737 e. The molecule has 0 aromatic carbocycles. The minimum Gasteiger partial charge on any atom is -0.0610 e. The van der Waals surface area contributed by atoms with Crippen LogP contribution in [0.25, 0.3) is 0 Å². The summed E-state index contributed by atoms with van der Waals surface area (Å²) in [5.41, 5.74) is 3.62. The fourth-order valence-corrected chi connectivity index (χ4v) is 5.42. The molecular formula is C17H21. The van der Waals surface area contributed by atoms with E-state index in [1.165, 1.54) is 44.1 Å². The molecule has 5 aliphatic rings. The van der Waals surface area contributed by atoms with Crippen molar-refractivity contribution >= 4 is 0 Å². The van der Waals surface area contributed by atoms with Gasteiger partial charge in [-0.3, -0.25) is 0 Å². The second-order valence-corrected chi connectivity index (χ2v) is 6.91.